The molecule has 0 spiro atoms. The van der Waals surface area contributed by atoms with Gasteiger partial charge in [0.2, 0.25) is 5.91 Å². The second kappa shape index (κ2) is 9.91. The zero-order chi connectivity index (χ0) is 15.9. The topological polar surface area (TPSA) is 44.4 Å². The molecule has 0 saturated carbocycles. The number of anilines is 1. The Morgan fingerprint density at radius 2 is 2.13 bits per heavy atom. The fourth-order valence-electron chi connectivity index (χ4n) is 3.18. The minimum Gasteiger partial charge on any atom is -0.324 e. The Balaban J connectivity index is 0.00000264. The summed E-state index contributed by atoms with van der Waals surface area (Å²) in [7, 11) is 2.06. The van der Waals surface area contributed by atoms with Crippen molar-refractivity contribution in [1.82, 2.24) is 10.2 Å². The molecule has 1 saturated heterocycles. The summed E-state index contributed by atoms with van der Waals surface area (Å²) in [5.74, 6) is 0.0868. The highest BCUT2D eigenvalue weighted by Crippen LogP contribution is 2.21. The maximum absolute atomic E-state index is 12.4. The molecule has 1 aliphatic heterocycles. The molecule has 0 aromatic heterocycles. The summed E-state index contributed by atoms with van der Waals surface area (Å²) >= 11 is 0. The highest BCUT2D eigenvalue weighted by atomic mass is 35.5. The van der Waals surface area contributed by atoms with Crippen LogP contribution in [0.3, 0.4) is 0 Å². The summed E-state index contributed by atoms with van der Waals surface area (Å²) in [5, 5.41) is 6.54. The number of aryl methyl sites for hydroxylation is 2. The number of carbonyl (C=O) groups is 1. The van der Waals surface area contributed by atoms with E-state index in [1.54, 1.807) is 0 Å². The van der Waals surface area contributed by atoms with Crippen LogP contribution in [0, 0.1) is 6.92 Å². The van der Waals surface area contributed by atoms with Crippen molar-refractivity contribution in [2.45, 2.75) is 45.6 Å². The molecule has 2 N–H and O–H groups in total. The lowest BCUT2D eigenvalue weighted by Gasteiger charge is -2.26. The van der Waals surface area contributed by atoms with Crippen LogP contribution in [-0.2, 0) is 11.2 Å². The Labute approximate surface area is 146 Å². The van der Waals surface area contributed by atoms with Crippen LogP contribution in [0.25, 0.3) is 0 Å². The normalized spacial score (nSPS) is 18.2. The van der Waals surface area contributed by atoms with Gasteiger partial charge in [0, 0.05) is 11.7 Å². The third kappa shape index (κ3) is 5.79. The van der Waals surface area contributed by atoms with Crippen molar-refractivity contribution in [3.63, 3.8) is 0 Å². The van der Waals surface area contributed by atoms with Crippen molar-refractivity contribution in [2.75, 3.05) is 32.0 Å². The monoisotopic (exact) mass is 339 g/mol. The first-order valence-electron chi connectivity index (χ1n) is 8.41. The van der Waals surface area contributed by atoms with E-state index in [2.05, 4.69) is 54.6 Å². The number of likely N-dealkylation sites (N-methyl/N-ethyl adjacent to an activating group) is 1. The van der Waals surface area contributed by atoms with Crippen LogP contribution < -0.4 is 10.6 Å². The van der Waals surface area contributed by atoms with E-state index in [9.17, 15) is 4.79 Å². The maximum Gasteiger partial charge on any atom is 0.238 e. The molecule has 1 atom stereocenters. The molecule has 4 nitrogen and oxygen atoms in total. The molecule has 1 unspecified atom stereocenters. The molecule has 0 aliphatic carbocycles. The number of para-hydroxylation sites is 1. The number of amides is 1. The first kappa shape index (κ1) is 19.9. The van der Waals surface area contributed by atoms with Crippen LogP contribution in [-0.4, -0.2) is 43.5 Å². The van der Waals surface area contributed by atoms with E-state index in [1.807, 2.05) is 0 Å². The zero-order valence-electron chi connectivity index (χ0n) is 14.5. The molecule has 0 bridgehead atoms. The minimum absolute atomic E-state index is 0. The Morgan fingerprint density at radius 1 is 1.35 bits per heavy atom. The number of carbonyl (C=O) groups excluding carboxylic acids is 1. The van der Waals surface area contributed by atoms with Gasteiger partial charge in [-0.25, -0.2) is 0 Å². The molecule has 1 aromatic rings. The molecule has 130 valence electrons. The standard InChI is InChI=1S/C18H29N3O.ClH/c1-4-15-8-5-7-14(2)18(15)20-17(22)13-21(3)16-9-6-11-19-12-10-16;/h5,7-8,16,19H,4,6,9-13H2,1-3H3,(H,20,22);1H. The molecule has 1 aromatic carbocycles. The first-order chi connectivity index (χ1) is 10.6. The van der Waals surface area contributed by atoms with E-state index in [4.69, 9.17) is 0 Å². The lowest BCUT2D eigenvalue weighted by Crippen LogP contribution is -2.38. The summed E-state index contributed by atoms with van der Waals surface area (Å²) in [6.45, 7) is 6.78. The van der Waals surface area contributed by atoms with Crippen LogP contribution in [0.2, 0.25) is 0 Å². The Kier molecular flexibility index (Phi) is 8.59. The summed E-state index contributed by atoms with van der Waals surface area (Å²) in [5.41, 5.74) is 3.33. The minimum atomic E-state index is 0. The number of nitrogens with one attached hydrogen (secondary N) is 2. The average molecular weight is 340 g/mol. The number of hydrogen-bond acceptors (Lipinski definition) is 3. The quantitative estimate of drug-likeness (QED) is 0.866. The Hall–Kier alpha value is -1.10. The Bertz CT molecular complexity index is 499. The van der Waals surface area contributed by atoms with E-state index < -0.39 is 0 Å². The molecule has 23 heavy (non-hydrogen) atoms. The van der Waals surface area contributed by atoms with Gasteiger partial charge < -0.3 is 10.6 Å². The smallest absolute Gasteiger partial charge is 0.238 e. The molecular weight excluding hydrogens is 310 g/mol. The molecule has 1 heterocycles. The summed E-state index contributed by atoms with van der Waals surface area (Å²) < 4.78 is 0. The van der Waals surface area contributed by atoms with Crippen molar-refractivity contribution in [3.8, 4) is 0 Å². The van der Waals surface area contributed by atoms with Crippen LogP contribution in [0.5, 0.6) is 0 Å². The molecule has 5 heteroatoms. The van der Waals surface area contributed by atoms with Crippen molar-refractivity contribution in [1.29, 1.82) is 0 Å². The summed E-state index contributed by atoms with van der Waals surface area (Å²) in [4.78, 5) is 14.6. The van der Waals surface area contributed by atoms with Crippen molar-refractivity contribution < 1.29 is 4.79 Å². The SMILES string of the molecule is CCc1cccc(C)c1NC(=O)CN(C)C1CCCNCC1.Cl. The van der Waals surface area contributed by atoms with Gasteiger partial charge in [0.25, 0.3) is 0 Å². The van der Waals surface area contributed by atoms with E-state index in [-0.39, 0.29) is 18.3 Å². The summed E-state index contributed by atoms with van der Waals surface area (Å²) in [6.07, 6.45) is 4.41. The highest BCUT2D eigenvalue weighted by Gasteiger charge is 2.19. The zero-order valence-corrected chi connectivity index (χ0v) is 15.3. The van der Waals surface area contributed by atoms with Gasteiger partial charge in [-0.2, -0.15) is 0 Å². The average Bonchev–Trinajstić information content (AvgIpc) is 2.78. The van der Waals surface area contributed by atoms with Crippen molar-refractivity contribution in [3.05, 3.63) is 29.3 Å². The maximum atomic E-state index is 12.4. The van der Waals surface area contributed by atoms with E-state index in [0.29, 0.717) is 12.6 Å². The third-order valence-corrected chi connectivity index (χ3v) is 4.57. The number of benzene rings is 1. The van der Waals surface area contributed by atoms with Gasteiger partial charge in [-0.3, -0.25) is 9.69 Å². The predicted molar refractivity (Wildman–Crippen MR) is 99.6 cm³/mol. The first-order valence-corrected chi connectivity index (χ1v) is 8.41. The van der Waals surface area contributed by atoms with Gasteiger partial charge in [-0.15, -0.1) is 12.4 Å². The van der Waals surface area contributed by atoms with Crippen LogP contribution >= 0.6 is 12.4 Å². The lowest BCUT2D eigenvalue weighted by atomic mass is 10.1. The largest absolute Gasteiger partial charge is 0.324 e. The molecule has 1 fully saturated rings. The highest BCUT2D eigenvalue weighted by molar-refractivity contribution is 5.93. The van der Waals surface area contributed by atoms with Gasteiger partial charge in [0.15, 0.2) is 0 Å². The van der Waals surface area contributed by atoms with Gasteiger partial charge in [-0.05, 0) is 63.9 Å². The van der Waals surface area contributed by atoms with Gasteiger partial charge in [0.05, 0.1) is 6.54 Å². The Morgan fingerprint density at radius 3 is 2.87 bits per heavy atom. The molecule has 1 aliphatic rings. The van der Waals surface area contributed by atoms with Crippen LogP contribution in [0.1, 0.15) is 37.3 Å². The van der Waals surface area contributed by atoms with E-state index in [1.165, 1.54) is 18.4 Å². The second-order valence-electron chi connectivity index (χ2n) is 6.26. The van der Waals surface area contributed by atoms with Crippen molar-refractivity contribution in [2.24, 2.45) is 0 Å². The molecule has 0 radical (unpaired) electrons. The number of rotatable bonds is 5. The number of halogens is 1. The molecular formula is C18H30ClN3O. The fraction of sp³-hybridized carbons (Fsp3) is 0.611. The predicted octanol–water partition coefficient (Wildman–Crippen LogP) is 2.99. The van der Waals surface area contributed by atoms with Gasteiger partial charge in [-0.1, -0.05) is 25.1 Å². The third-order valence-electron chi connectivity index (χ3n) is 4.57. The summed E-state index contributed by atoms with van der Waals surface area (Å²) in [6, 6.07) is 6.69. The number of nitrogens with zero attached hydrogens (tertiary/aromatic N) is 1. The number of hydrogen-bond donors (Lipinski definition) is 2. The van der Waals surface area contributed by atoms with E-state index >= 15 is 0 Å². The second-order valence-corrected chi connectivity index (χ2v) is 6.26. The van der Waals surface area contributed by atoms with E-state index in [0.717, 1.165) is 37.2 Å². The van der Waals surface area contributed by atoms with Crippen molar-refractivity contribution >= 4 is 24.0 Å². The van der Waals surface area contributed by atoms with Gasteiger partial charge in [0.1, 0.15) is 0 Å². The fourth-order valence-corrected chi connectivity index (χ4v) is 3.18. The van der Waals surface area contributed by atoms with Crippen LogP contribution in [0.15, 0.2) is 18.2 Å². The van der Waals surface area contributed by atoms with Gasteiger partial charge >= 0.3 is 0 Å². The lowest BCUT2D eigenvalue weighted by molar-refractivity contribution is -0.117. The van der Waals surface area contributed by atoms with Crippen LogP contribution in [0.4, 0.5) is 5.69 Å². The molecule has 1 amide bonds. The molecule has 2 rings (SSSR count).